The van der Waals surface area contributed by atoms with Crippen LogP contribution in [0.2, 0.25) is 0 Å². The number of nitrogens with one attached hydrogen (secondary N) is 2. The molecule has 0 unspecified atom stereocenters. The van der Waals surface area contributed by atoms with Gasteiger partial charge in [0.1, 0.15) is 0 Å². The van der Waals surface area contributed by atoms with E-state index in [1.165, 1.54) is 6.42 Å². The molecule has 0 bridgehead atoms. The van der Waals surface area contributed by atoms with Crippen molar-refractivity contribution < 1.29 is 27.5 Å². The van der Waals surface area contributed by atoms with Crippen LogP contribution in [0.15, 0.2) is 12.1 Å². The van der Waals surface area contributed by atoms with Crippen LogP contribution in [0, 0.1) is 17.5 Å². The van der Waals surface area contributed by atoms with E-state index < -0.39 is 29.0 Å². The lowest BCUT2D eigenvalue weighted by atomic mass is 9.79. The van der Waals surface area contributed by atoms with Gasteiger partial charge in [-0.2, -0.15) is 0 Å². The lowest BCUT2D eigenvalue weighted by Gasteiger charge is -2.48. The fourth-order valence-corrected chi connectivity index (χ4v) is 4.92. The van der Waals surface area contributed by atoms with Gasteiger partial charge in [0.15, 0.2) is 17.5 Å². The molecule has 1 saturated carbocycles. The van der Waals surface area contributed by atoms with Crippen LogP contribution in [0.5, 0.6) is 0 Å². The van der Waals surface area contributed by atoms with Crippen molar-refractivity contribution in [3.8, 4) is 0 Å². The van der Waals surface area contributed by atoms with Gasteiger partial charge in [0, 0.05) is 25.2 Å². The third-order valence-corrected chi connectivity index (χ3v) is 6.66. The summed E-state index contributed by atoms with van der Waals surface area (Å²) in [5.41, 5.74) is -0.496. The quantitative estimate of drug-likeness (QED) is 0.500. The number of carbonyl (C=O) groups excluding carboxylic acids is 2. The molecular weight excluding hydrogens is 449 g/mol. The summed E-state index contributed by atoms with van der Waals surface area (Å²) in [6, 6.07) is 1.72. The maximum atomic E-state index is 13.9. The molecule has 0 atom stereocenters. The number of benzene rings is 1. The lowest BCUT2D eigenvalue weighted by molar-refractivity contribution is -0.124. The highest BCUT2D eigenvalue weighted by Crippen LogP contribution is 2.33. The summed E-state index contributed by atoms with van der Waals surface area (Å²) >= 11 is 0. The van der Waals surface area contributed by atoms with E-state index >= 15 is 0 Å². The average molecular weight is 485 g/mol. The van der Waals surface area contributed by atoms with E-state index in [0.29, 0.717) is 32.7 Å². The number of rotatable bonds is 10. The zero-order valence-electron chi connectivity index (χ0n) is 19.8. The highest BCUT2D eigenvalue weighted by atomic mass is 19.2. The summed E-state index contributed by atoms with van der Waals surface area (Å²) in [7, 11) is 0. The van der Waals surface area contributed by atoms with Gasteiger partial charge in [0.25, 0.3) is 0 Å². The van der Waals surface area contributed by atoms with Gasteiger partial charge in [-0.3, -0.25) is 19.4 Å². The molecule has 190 valence electrons. The summed E-state index contributed by atoms with van der Waals surface area (Å²) in [4.78, 5) is 29.3. The zero-order valence-corrected chi connectivity index (χ0v) is 19.8. The number of halogens is 3. The number of anilines is 1. The molecule has 1 saturated heterocycles. The Labute approximate surface area is 199 Å². The molecule has 34 heavy (non-hydrogen) atoms. The molecule has 3 rings (SSSR count). The van der Waals surface area contributed by atoms with Crippen LogP contribution in [-0.4, -0.2) is 79.6 Å². The Kier molecular flexibility index (Phi) is 9.73. The fourth-order valence-electron chi connectivity index (χ4n) is 4.92. The highest BCUT2D eigenvalue weighted by molar-refractivity contribution is 5.92. The highest BCUT2D eigenvalue weighted by Gasteiger charge is 2.38. The standard InChI is InChI=1S/C24H35F3N4O3/c1-2-10-30(16-21(33)29-19-7-6-18(25)22(26)23(19)27)15-20(32)28-17-24(8-4-3-5-9-24)31-11-13-34-14-12-31/h6-7H,2-5,8-17H2,1H3,(H,28,32)(H,29,33). The molecule has 1 heterocycles. The third-order valence-electron chi connectivity index (χ3n) is 6.66. The molecule has 10 heteroatoms. The summed E-state index contributed by atoms with van der Waals surface area (Å²) in [5.74, 6) is -5.21. The van der Waals surface area contributed by atoms with Crippen LogP contribution in [-0.2, 0) is 14.3 Å². The molecule has 0 radical (unpaired) electrons. The third kappa shape index (κ3) is 6.93. The van der Waals surface area contributed by atoms with E-state index in [1.54, 1.807) is 4.90 Å². The van der Waals surface area contributed by atoms with Crippen molar-refractivity contribution in [1.82, 2.24) is 15.1 Å². The van der Waals surface area contributed by atoms with Gasteiger partial charge in [-0.15, -0.1) is 0 Å². The molecule has 2 fully saturated rings. The van der Waals surface area contributed by atoms with Gasteiger partial charge in [-0.05, 0) is 37.9 Å². The van der Waals surface area contributed by atoms with Gasteiger partial charge in [-0.1, -0.05) is 26.2 Å². The number of nitrogens with zero attached hydrogens (tertiary/aromatic N) is 2. The molecule has 0 spiro atoms. The topological polar surface area (TPSA) is 73.9 Å². The zero-order chi connectivity index (χ0) is 24.6. The molecule has 1 aromatic carbocycles. The average Bonchev–Trinajstić information content (AvgIpc) is 2.84. The minimum absolute atomic E-state index is 0.0146. The van der Waals surface area contributed by atoms with Crippen LogP contribution in [0.4, 0.5) is 18.9 Å². The number of hydrogen-bond donors (Lipinski definition) is 2. The maximum absolute atomic E-state index is 13.9. The Morgan fingerprint density at radius 3 is 2.38 bits per heavy atom. The van der Waals surface area contributed by atoms with Crippen molar-refractivity contribution in [2.24, 2.45) is 0 Å². The Bertz CT molecular complexity index is 843. The first kappa shape index (κ1) is 26.4. The minimum Gasteiger partial charge on any atom is -0.379 e. The first-order valence-electron chi connectivity index (χ1n) is 12.1. The van der Waals surface area contributed by atoms with Crippen LogP contribution in [0.25, 0.3) is 0 Å². The molecule has 2 N–H and O–H groups in total. The molecule has 1 aromatic rings. The van der Waals surface area contributed by atoms with Gasteiger partial charge in [-0.25, -0.2) is 13.2 Å². The number of hydrogen-bond acceptors (Lipinski definition) is 5. The molecule has 0 aromatic heterocycles. The van der Waals surface area contributed by atoms with Crippen LogP contribution < -0.4 is 10.6 Å². The molecule has 1 aliphatic carbocycles. The molecule has 7 nitrogen and oxygen atoms in total. The van der Waals surface area contributed by atoms with Crippen molar-refractivity contribution in [1.29, 1.82) is 0 Å². The second-order valence-electron chi connectivity index (χ2n) is 9.14. The van der Waals surface area contributed by atoms with Gasteiger partial charge < -0.3 is 15.4 Å². The summed E-state index contributed by atoms with van der Waals surface area (Å²) in [5, 5.41) is 5.34. The first-order valence-corrected chi connectivity index (χ1v) is 12.1. The van der Waals surface area contributed by atoms with E-state index in [0.717, 1.165) is 50.9 Å². The van der Waals surface area contributed by atoms with Crippen LogP contribution in [0.1, 0.15) is 45.4 Å². The molecular formula is C24H35F3N4O3. The Hall–Kier alpha value is -2.17. The molecule has 2 amide bonds. The monoisotopic (exact) mass is 484 g/mol. The van der Waals surface area contributed by atoms with E-state index in [9.17, 15) is 22.8 Å². The summed E-state index contributed by atoms with van der Waals surface area (Å²) in [6.45, 7) is 5.93. The van der Waals surface area contributed by atoms with Crippen molar-refractivity contribution in [3.05, 3.63) is 29.6 Å². The van der Waals surface area contributed by atoms with E-state index in [2.05, 4.69) is 15.5 Å². The predicted octanol–water partition coefficient (Wildman–Crippen LogP) is 2.91. The predicted molar refractivity (Wildman–Crippen MR) is 123 cm³/mol. The largest absolute Gasteiger partial charge is 0.379 e. The van der Waals surface area contributed by atoms with E-state index in [-0.39, 0.29) is 24.5 Å². The number of ether oxygens (including phenoxy) is 1. The Morgan fingerprint density at radius 1 is 1.03 bits per heavy atom. The van der Waals surface area contributed by atoms with Gasteiger partial charge in [0.05, 0.1) is 32.0 Å². The van der Waals surface area contributed by atoms with Crippen molar-refractivity contribution in [3.63, 3.8) is 0 Å². The summed E-state index contributed by atoms with van der Waals surface area (Å²) < 4.78 is 45.9. The van der Waals surface area contributed by atoms with Crippen molar-refractivity contribution in [2.45, 2.75) is 51.0 Å². The van der Waals surface area contributed by atoms with E-state index in [4.69, 9.17) is 4.74 Å². The van der Waals surface area contributed by atoms with E-state index in [1.807, 2.05) is 6.92 Å². The SMILES string of the molecule is CCCN(CC(=O)NCC1(N2CCOCC2)CCCCC1)CC(=O)Nc1ccc(F)c(F)c1F. The molecule has 2 aliphatic rings. The second kappa shape index (κ2) is 12.5. The van der Waals surface area contributed by atoms with Crippen LogP contribution in [0.3, 0.4) is 0 Å². The second-order valence-corrected chi connectivity index (χ2v) is 9.14. The fraction of sp³-hybridized carbons (Fsp3) is 0.667. The van der Waals surface area contributed by atoms with Crippen molar-refractivity contribution >= 4 is 17.5 Å². The minimum atomic E-state index is -1.64. The normalized spacial score (nSPS) is 18.6. The number of amides is 2. The summed E-state index contributed by atoms with van der Waals surface area (Å²) in [6.07, 6.45) is 6.25. The van der Waals surface area contributed by atoms with Gasteiger partial charge >= 0.3 is 0 Å². The van der Waals surface area contributed by atoms with Gasteiger partial charge in [0.2, 0.25) is 11.8 Å². The Morgan fingerprint density at radius 2 is 1.71 bits per heavy atom. The smallest absolute Gasteiger partial charge is 0.238 e. The molecule has 1 aliphatic heterocycles. The first-order chi connectivity index (χ1) is 16.3. The van der Waals surface area contributed by atoms with Crippen LogP contribution >= 0.6 is 0 Å². The Balaban J connectivity index is 1.55. The van der Waals surface area contributed by atoms with Crippen molar-refractivity contribution in [2.75, 3.05) is 57.8 Å². The lowest BCUT2D eigenvalue weighted by Crippen LogP contribution is -2.60. The maximum Gasteiger partial charge on any atom is 0.238 e. The number of carbonyl (C=O) groups is 2. The number of morpholine rings is 1.